The molecule has 0 radical (unpaired) electrons. The van der Waals surface area contributed by atoms with E-state index in [1.807, 2.05) is 30.3 Å². The molecule has 0 fully saturated rings. The molecule has 1 aromatic carbocycles. The third-order valence-corrected chi connectivity index (χ3v) is 4.11. The molecule has 0 aliphatic rings. The molecule has 0 bridgehead atoms. The minimum atomic E-state index is -0.249. The zero-order chi connectivity index (χ0) is 18.1. The minimum Gasteiger partial charge on any atom is -0.351 e. The number of hydrogen-bond acceptors (Lipinski definition) is 4. The van der Waals surface area contributed by atoms with Crippen molar-refractivity contribution in [1.29, 1.82) is 0 Å². The second kappa shape index (κ2) is 9.74. The van der Waals surface area contributed by atoms with Gasteiger partial charge in [0.1, 0.15) is 5.69 Å². The fourth-order valence-corrected chi connectivity index (χ4v) is 2.57. The summed E-state index contributed by atoms with van der Waals surface area (Å²) in [5.74, 6) is -0.249. The summed E-state index contributed by atoms with van der Waals surface area (Å²) >= 11 is 0. The lowest BCUT2D eigenvalue weighted by Crippen LogP contribution is -2.32. The Morgan fingerprint density at radius 2 is 1.84 bits per heavy atom. The molecule has 0 saturated heterocycles. The molecule has 0 aliphatic heterocycles. The first kappa shape index (κ1) is 18.9. The number of carbonyl (C=O) groups is 1. The van der Waals surface area contributed by atoms with Gasteiger partial charge in [0.25, 0.3) is 11.5 Å². The van der Waals surface area contributed by atoms with Gasteiger partial charge < -0.3 is 10.2 Å². The van der Waals surface area contributed by atoms with Crippen molar-refractivity contribution < 1.29 is 4.79 Å². The van der Waals surface area contributed by atoms with E-state index in [9.17, 15) is 9.59 Å². The van der Waals surface area contributed by atoms with Gasteiger partial charge in [-0.05, 0) is 37.7 Å². The van der Waals surface area contributed by atoms with Gasteiger partial charge in [-0.1, -0.05) is 44.2 Å². The number of nitrogens with one attached hydrogen (secondary N) is 1. The van der Waals surface area contributed by atoms with E-state index in [0.29, 0.717) is 13.1 Å². The lowest BCUT2D eigenvalue weighted by Gasteiger charge is -2.17. The average Bonchev–Trinajstić information content (AvgIpc) is 2.64. The van der Waals surface area contributed by atoms with Crippen molar-refractivity contribution in [2.24, 2.45) is 0 Å². The first-order chi connectivity index (χ1) is 12.1. The maximum absolute atomic E-state index is 12.2. The van der Waals surface area contributed by atoms with Crippen LogP contribution < -0.4 is 10.9 Å². The van der Waals surface area contributed by atoms with E-state index in [4.69, 9.17) is 0 Å². The molecule has 134 valence electrons. The molecular weight excluding hydrogens is 316 g/mol. The molecule has 6 nitrogen and oxygen atoms in total. The van der Waals surface area contributed by atoms with Crippen LogP contribution in [-0.2, 0) is 6.54 Å². The lowest BCUT2D eigenvalue weighted by molar-refractivity contribution is 0.0944. The van der Waals surface area contributed by atoms with Crippen LogP contribution in [0.2, 0.25) is 0 Å². The van der Waals surface area contributed by atoms with E-state index in [1.54, 1.807) is 0 Å². The van der Waals surface area contributed by atoms with Gasteiger partial charge in [0, 0.05) is 12.6 Å². The van der Waals surface area contributed by atoms with Crippen molar-refractivity contribution in [3.05, 3.63) is 64.1 Å². The first-order valence-electron chi connectivity index (χ1n) is 8.76. The third kappa shape index (κ3) is 5.83. The molecule has 1 aromatic heterocycles. The topological polar surface area (TPSA) is 67.2 Å². The highest BCUT2D eigenvalue weighted by Gasteiger charge is 2.09. The van der Waals surface area contributed by atoms with Crippen LogP contribution in [0.1, 0.15) is 36.3 Å². The van der Waals surface area contributed by atoms with Crippen LogP contribution in [0.5, 0.6) is 0 Å². The highest BCUT2D eigenvalue weighted by molar-refractivity contribution is 5.91. The molecule has 0 atom stereocenters. The van der Waals surface area contributed by atoms with Crippen molar-refractivity contribution in [3.63, 3.8) is 0 Å². The molecule has 0 unspecified atom stereocenters. The smallest absolute Gasteiger partial charge is 0.271 e. The van der Waals surface area contributed by atoms with Crippen LogP contribution in [0, 0.1) is 0 Å². The highest BCUT2D eigenvalue weighted by atomic mass is 16.2. The molecule has 1 heterocycles. The molecule has 25 heavy (non-hydrogen) atoms. The van der Waals surface area contributed by atoms with Crippen LogP contribution >= 0.6 is 0 Å². The summed E-state index contributed by atoms with van der Waals surface area (Å²) in [6.07, 6.45) is 0.886. The van der Waals surface area contributed by atoms with E-state index in [-0.39, 0.29) is 17.2 Å². The number of rotatable bonds is 9. The van der Waals surface area contributed by atoms with Gasteiger partial charge in [0.2, 0.25) is 0 Å². The number of nitrogens with zero attached hydrogens (tertiary/aromatic N) is 3. The van der Waals surface area contributed by atoms with Gasteiger partial charge in [0.15, 0.2) is 0 Å². The van der Waals surface area contributed by atoms with Crippen molar-refractivity contribution in [2.45, 2.75) is 26.8 Å². The average molecular weight is 342 g/mol. The largest absolute Gasteiger partial charge is 0.351 e. The predicted molar refractivity (Wildman–Crippen MR) is 98.8 cm³/mol. The van der Waals surface area contributed by atoms with Gasteiger partial charge in [0.05, 0.1) is 6.54 Å². The Morgan fingerprint density at radius 3 is 2.52 bits per heavy atom. The van der Waals surface area contributed by atoms with E-state index in [0.717, 1.165) is 31.6 Å². The molecule has 6 heteroatoms. The molecular formula is C19H26N4O2. The molecule has 2 rings (SSSR count). The minimum absolute atomic E-state index is 0.220. The number of aromatic nitrogens is 2. The monoisotopic (exact) mass is 342 g/mol. The van der Waals surface area contributed by atoms with Gasteiger partial charge in [-0.15, -0.1) is 0 Å². The van der Waals surface area contributed by atoms with Crippen LogP contribution in [0.3, 0.4) is 0 Å². The van der Waals surface area contributed by atoms with Crippen molar-refractivity contribution in [1.82, 2.24) is 20.0 Å². The van der Waals surface area contributed by atoms with Crippen molar-refractivity contribution in [3.8, 4) is 0 Å². The zero-order valence-corrected chi connectivity index (χ0v) is 14.9. The Kier molecular flexibility index (Phi) is 7.35. The van der Waals surface area contributed by atoms with Gasteiger partial charge in [-0.25, -0.2) is 4.68 Å². The molecule has 0 aliphatic carbocycles. The lowest BCUT2D eigenvalue weighted by atomic mass is 10.2. The predicted octanol–water partition coefficient (Wildman–Crippen LogP) is 1.75. The highest BCUT2D eigenvalue weighted by Crippen LogP contribution is 2.00. The summed E-state index contributed by atoms with van der Waals surface area (Å²) in [6.45, 7) is 8.17. The van der Waals surface area contributed by atoms with Gasteiger partial charge in [-0.2, -0.15) is 5.10 Å². The fraction of sp³-hybridized carbons (Fsp3) is 0.421. The Morgan fingerprint density at radius 1 is 1.12 bits per heavy atom. The summed E-state index contributed by atoms with van der Waals surface area (Å²) in [6, 6.07) is 12.5. The third-order valence-electron chi connectivity index (χ3n) is 4.11. The normalized spacial score (nSPS) is 10.8. The number of hydrogen-bond donors (Lipinski definition) is 1. The standard InChI is InChI=1S/C19H26N4O2/c1-3-22(4-2)14-8-13-20-19(25)17-11-12-18(24)23(21-17)15-16-9-6-5-7-10-16/h5-7,9-12H,3-4,8,13-15H2,1-2H3,(H,20,25). The summed E-state index contributed by atoms with van der Waals surface area (Å²) in [5, 5.41) is 7.06. The van der Waals surface area contributed by atoms with Crippen LogP contribution in [0.15, 0.2) is 47.3 Å². The molecule has 1 amide bonds. The SMILES string of the molecule is CCN(CC)CCCNC(=O)c1ccc(=O)n(Cc2ccccc2)n1. The van der Waals surface area contributed by atoms with E-state index < -0.39 is 0 Å². The second-order valence-electron chi connectivity index (χ2n) is 5.84. The maximum atomic E-state index is 12.2. The Bertz CT molecular complexity index is 724. The molecule has 0 saturated carbocycles. The summed E-state index contributed by atoms with van der Waals surface area (Å²) in [4.78, 5) is 26.5. The number of benzene rings is 1. The molecule has 2 aromatic rings. The summed E-state index contributed by atoms with van der Waals surface area (Å²) in [7, 11) is 0. The zero-order valence-electron chi connectivity index (χ0n) is 14.9. The van der Waals surface area contributed by atoms with E-state index >= 15 is 0 Å². The summed E-state index contributed by atoms with van der Waals surface area (Å²) in [5.41, 5.74) is 1.01. The van der Waals surface area contributed by atoms with Gasteiger partial charge >= 0.3 is 0 Å². The second-order valence-corrected chi connectivity index (χ2v) is 5.84. The van der Waals surface area contributed by atoms with E-state index in [1.165, 1.54) is 16.8 Å². The van der Waals surface area contributed by atoms with Crippen LogP contribution in [0.4, 0.5) is 0 Å². The molecule has 1 N–H and O–H groups in total. The van der Waals surface area contributed by atoms with Crippen LogP contribution in [0.25, 0.3) is 0 Å². The maximum Gasteiger partial charge on any atom is 0.271 e. The van der Waals surface area contributed by atoms with Crippen molar-refractivity contribution in [2.75, 3.05) is 26.2 Å². The summed E-state index contributed by atoms with van der Waals surface area (Å²) < 4.78 is 1.32. The van der Waals surface area contributed by atoms with Crippen molar-refractivity contribution >= 4 is 5.91 Å². The fourth-order valence-electron chi connectivity index (χ4n) is 2.57. The Labute approximate surface area is 148 Å². The number of amides is 1. The van der Waals surface area contributed by atoms with E-state index in [2.05, 4.69) is 29.2 Å². The molecule has 0 spiro atoms. The number of carbonyl (C=O) groups excluding carboxylic acids is 1. The van der Waals surface area contributed by atoms with Gasteiger partial charge in [-0.3, -0.25) is 9.59 Å². The quantitative estimate of drug-likeness (QED) is 0.705. The van der Waals surface area contributed by atoms with Crippen LogP contribution in [-0.4, -0.2) is 46.8 Å². The Hall–Kier alpha value is -2.47. The Balaban J connectivity index is 1.94. The first-order valence-corrected chi connectivity index (χ1v) is 8.76.